The Bertz CT molecular complexity index is 904. The van der Waals surface area contributed by atoms with Gasteiger partial charge in [0.15, 0.2) is 0 Å². The highest BCUT2D eigenvalue weighted by Gasteiger charge is 2.60. The molecule has 0 unspecified atom stereocenters. The molecular weight excluding hydrogens is 376 g/mol. The van der Waals surface area contributed by atoms with E-state index in [1.165, 1.54) is 50.3 Å². The van der Waals surface area contributed by atoms with Gasteiger partial charge >= 0.3 is 5.97 Å². The van der Waals surface area contributed by atoms with Crippen molar-refractivity contribution in [2.75, 3.05) is 0 Å². The van der Waals surface area contributed by atoms with Gasteiger partial charge in [-0.2, -0.15) is 5.10 Å². The number of esters is 1. The van der Waals surface area contributed by atoms with E-state index in [0.29, 0.717) is 17.3 Å². The second kappa shape index (κ2) is 6.67. The number of hydrogen-bond acceptors (Lipinski definition) is 4. The maximum absolute atomic E-state index is 12.2. The van der Waals surface area contributed by atoms with Gasteiger partial charge in [0, 0.05) is 19.4 Å². The second-order valence-electron chi connectivity index (χ2n) is 11.2. The van der Waals surface area contributed by atoms with Crippen LogP contribution >= 0.6 is 0 Å². The SMILES string of the molecule is CC(=O)O[C@H]1CC[C@@]2(C)[C@@H](CC[C@H]3[C@H]4Cc5c(c(C)nn5C(C)=O)[C@@]4(C)CC[C@@H]32)C1. The van der Waals surface area contributed by atoms with Crippen molar-refractivity contribution in [1.29, 1.82) is 0 Å². The number of nitrogens with zero attached hydrogens (tertiary/aromatic N) is 2. The summed E-state index contributed by atoms with van der Waals surface area (Å²) in [6, 6.07) is 0. The van der Waals surface area contributed by atoms with Crippen molar-refractivity contribution in [3.8, 4) is 0 Å². The van der Waals surface area contributed by atoms with E-state index in [2.05, 4.69) is 25.9 Å². The number of rotatable bonds is 1. The van der Waals surface area contributed by atoms with Crippen molar-refractivity contribution in [1.82, 2.24) is 9.78 Å². The third-order valence-corrected chi connectivity index (χ3v) is 9.78. The monoisotopic (exact) mass is 412 g/mol. The van der Waals surface area contributed by atoms with Crippen LogP contribution in [0.15, 0.2) is 0 Å². The number of aromatic nitrogens is 2. The van der Waals surface area contributed by atoms with Crippen LogP contribution in [0.4, 0.5) is 0 Å². The minimum absolute atomic E-state index is 0.0395. The highest BCUT2D eigenvalue weighted by Crippen LogP contribution is 2.66. The standard InChI is InChI=1S/C25H36N2O3/c1-14-23-22(27(26-14)15(2)28)13-21-19-7-6-17-12-18(30-16(3)29)8-10-24(17,4)20(19)9-11-25(21,23)5/h17-21H,6-13H2,1-5H3/t17-,18-,19+,20-,21+,24-,25-/m0/s1. The second-order valence-corrected chi connectivity index (χ2v) is 11.2. The Morgan fingerprint density at radius 2 is 1.83 bits per heavy atom. The predicted molar refractivity (Wildman–Crippen MR) is 114 cm³/mol. The van der Waals surface area contributed by atoms with E-state index in [9.17, 15) is 9.59 Å². The smallest absolute Gasteiger partial charge is 0.302 e. The molecule has 3 fully saturated rings. The molecule has 0 aliphatic heterocycles. The van der Waals surface area contributed by atoms with Gasteiger partial charge in [0.1, 0.15) is 6.10 Å². The molecule has 7 atom stereocenters. The summed E-state index contributed by atoms with van der Waals surface area (Å²) in [7, 11) is 0. The van der Waals surface area contributed by atoms with E-state index in [0.717, 1.165) is 36.8 Å². The first kappa shape index (κ1) is 20.3. The first-order chi connectivity index (χ1) is 14.1. The van der Waals surface area contributed by atoms with Crippen LogP contribution in [0.3, 0.4) is 0 Å². The molecule has 4 aliphatic rings. The van der Waals surface area contributed by atoms with Gasteiger partial charge in [0.2, 0.25) is 5.91 Å². The first-order valence-electron chi connectivity index (χ1n) is 11.9. The predicted octanol–water partition coefficient (Wildman–Crippen LogP) is 4.84. The number of aryl methyl sites for hydroxylation is 1. The van der Waals surface area contributed by atoms with E-state index in [-0.39, 0.29) is 23.4 Å². The van der Waals surface area contributed by atoms with Crippen LogP contribution in [0.5, 0.6) is 0 Å². The van der Waals surface area contributed by atoms with Gasteiger partial charge in [-0.15, -0.1) is 0 Å². The Hall–Kier alpha value is -1.65. The Balaban J connectivity index is 1.43. The number of hydrogen-bond donors (Lipinski definition) is 0. The molecule has 1 heterocycles. The maximum Gasteiger partial charge on any atom is 0.302 e. The summed E-state index contributed by atoms with van der Waals surface area (Å²) < 4.78 is 7.30. The third kappa shape index (κ3) is 2.69. The Morgan fingerprint density at radius 3 is 2.53 bits per heavy atom. The molecular formula is C25H36N2O3. The highest BCUT2D eigenvalue weighted by atomic mass is 16.5. The zero-order valence-corrected chi connectivity index (χ0v) is 19.2. The lowest BCUT2D eigenvalue weighted by Crippen LogP contribution is -2.54. The molecule has 5 rings (SSSR count). The minimum atomic E-state index is -0.135. The zero-order valence-electron chi connectivity index (χ0n) is 19.2. The molecule has 0 spiro atoms. The first-order valence-corrected chi connectivity index (χ1v) is 11.9. The largest absolute Gasteiger partial charge is 0.463 e. The molecule has 0 N–H and O–H groups in total. The van der Waals surface area contributed by atoms with Crippen LogP contribution in [0.1, 0.15) is 94.4 Å². The minimum Gasteiger partial charge on any atom is -0.463 e. The normalized spacial score (nSPS) is 42.0. The molecule has 5 heteroatoms. The van der Waals surface area contributed by atoms with E-state index in [1.54, 1.807) is 11.6 Å². The summed E-state index contributed by atoms with van der Waals surface area (Å²) in [5, 5.41) is 4.61. The summed E-state index contributed by atoms with van der Waals surface area (Å²) in [6.07, 6.45) is 9.34. The number of carbonyl (C=O) groups excluding carboxylic acids is 2. The van der Waals surface area contributed by atoms with E-state index in [1.807, 2.05) is 0 Å². The molecule has 0 bridgehead atoms. The molecule has 4 aliphatic carbocycles. The molecule has 5 nitrogen and oxygen atoms in total. The van der Waals surface area contributed by atoms with E-state index < -0.39 is 0 Å². The van der Waals surface area contributed by atoms with Gasteiger partial charge in [0.05, 0.1) is 11.4 Å². The molecule has 3 saturated carbocycles. The number of ether oxygens (including phenoxy) is 1. The fourth-order valence-corrected chi connectivity index (χ4v) is 8.54. The molecule has 1 aromatic heterocycles. The van der Waals surface area contributed by atoms with Crippen LogP contribution in [-0.2, 0) is 21.4 Å². The summed E-state index contributed by atoms with van der Waals surface area (Å²) in [4.78, 5) is 23.7. The highest BCUT2D eigenvalue weighted by molar-refractivity contribution is 5.77. The number of carbonyl (C=O) groups is 2. The molecule has 0 amide bonds. The molecule has 0 aromatic carbocycles. The molecule has 1 aromatic rings. The summed E-state index contributed by atoms with van der Waals surface area (Å²) in [5.74, 6) is 2.66. The van der Waals surface area contributed by atoms with E-state index in [4.69, 9.17) is 4.74 Å². The van der Waals surface area contributed by atoms with Crippen LogP contribution in [-0.4, -0.2) is 27.8 Å². The average molecular weight is 413 g/mol. The fourth-order valence-electron chi connectivity index (χ4n) is 8.54. The Kier molecular flexibility index (Phi) is 4.51. The lowest BCUT2D eigenvalue weighted by Gasteiger charge is -2.60. The van der Waals surface area contributed by atoms with Crippen LogP contribution < -0.4 is 0 Å². The summed E-state index contributed by atoms with van der Waals surface area (Å²) in [6.45, 7) is 10.2. The number of fused-ring (bicyclic) bond motifs is 7. The topological polar surface area (TPSA) is 61.2 Å². The van der Waals surface area contributed by atoms with Crippen LogP contribution in [0.2, 0.25) is 0 Å². The molecule has 164 valence electrons. The van der Waals surface area contributed by atoms with Crippen molar-refractivity contribution >= 4 is 11.9 Å². The third-order valence-electron chi connectivity index (χ3n) is 9.78. The molecule has 30 heavy (non-hydrogen) atoms. The van der Waals surface area contributed by atoms with Gasteiger partial charge in [0.25, 0.3) is 0 Å². The quantitative estimate of drug-likeness (QED) is 0.619. The summed E-state index contributed by atoms with van der Waals surface area (Å²) >= 11 is 0. The van der Waals surface area contributed by atoms with Crippen molar-refractivity contribution in [2.45, 2.75) is 97.5 Å². The van der Waals surface area contributed by atoms with Crippen LogP contribution in [0, 0.1) is 36.0 Å². The fraction of sp³-hybridized carbons (Fsp3) is 0.800. The Morgan fingerprint density at radius 1 is 1.07 bits per heavy atom. The van der Waals surface area contributed by atoms with Gasteiger partial charge in [-0.05, 0) is 92.8 Å². The van der Waals surface area contributed by atoms with Gasteiger partial charge < -0.3 is 4.74 Å². The summed E-state index contributed by atoms with van der Waals surface area (Å²) in [5.41, 5.74) is 4.15. The molecule has 0 saturated heterocycles. The van der Waals surface area contributed by atoms with Crippen molar-refractivity contribution in [3.05, 3.63) is 17.0 Å². The van der Waals surface area contributed by atoms with Crippen LogP contribution in [0.25, 0.3) is 0 Å². The van der Waals surface area contributed by atoms with Crippen molar-refractivity contribution < 1.29 is 14.3 Å². The zero-order chi connectivity index (χ0) is 21.4. The Labute approximate surface area is 179 Å². The lowest BCUT2D eigenvalue weighted by atomic mass is 9.45. The molecule has 0 radical (unpaired) electrons. The lowest BCUT2D eigenvalue weighted by molar-refractivity contribution is -0.157. The van der Waals surface area contributed by atoms with Crippen molar-refractivity contribution in [2.24, 2.45) is 29.1 Å². The average Bonchev–Trinajstić information content (AvgIpc) is 3.16. The van der Waals surface area contributed by atoms with Gasteiger partial charge in [-0.25, -0.2) is 4.68 Å². The van der Waals surface area contributed by atoms with E-state index >= 15 is 0 Å². The van der Waals surface area contributed by atoms with Crippen molar-refractivity contribution in [3.63, 3.8) is 0 Å². The maximum atomic E-state index is 12.2. The van der Waals surface area contributed by atoms with Gasteiger partial charge in [-0.3, -0.25) is 9.59 Å². The van der Waals surface area contributed by atoms with Gasteiger partial charge in [-0.1, -0.05) is 13.8 Å².